The van der Waals surface area contributed by atoms with Crippen molar-refractivity contribution in [2.45, 2.75) is 58.7 Å². The number of nitrogen functional groups attached to an aromatic ring is 1. The Morgan fingerprint density at radius 1 is 1.02 bits per heavy atom. The van der Waals surface area contributed by atoms with Crippen LogP contribution >= 0.6 is 15.9 Å². The van der Waals surface area contributed by atoms with Gasteiger partial charge >= 0.3 is 11.9 Å². The van der Waals surface area contributed by atoms with Crippen LogP contribution in [0.5, 0.6) is 5.88 Å². The Morgan fingerprint density at radius 3 is 2.24 bits per heavy atom. The zero-order chi connectivity index (χ0) is 29.3. The van der Waals surface area contributed by atoms with E-state index in [1.54, 1.807) is 28.9 Å². The molecule has 1 fully saturated rings. The smallest absolute Gasteiger partial charge is 0.338 e. The van der Waals surface area contributed by atoms with Crippen molar-refractivity contribution in [1.29, 1.82) is 0 Å². The largest absolute Gasteiger partial charge is 0.474 e. The van der Waals surface area contributed by atoms with E-state index in [2.05, 4.69) is 31.0 Å². The lowest BCUT2D eigenvalue weighted by Crippen LogP contribution is -2.32. The summed E-state index contributed by atoms with van der Waals surface area (Å²) in [6, 6.07) is 14.1. The SMILES string of the molecule is Cc1ccc(C(=O)OC[C@H]2O[C@@H](n3nc(Br)c4c(OC(C)C)nc(N)nc43)C[C@@H]2OC(=O)c2ccc(C)cc2)cc1. The number of halogens is 1. The maximum Gasteiger partial charge on any atom is 0.338 e. The number of hydrogen-bond acceptors (Lipinski definition) is 10. The average Bonchev–Trinajstić information content (AvgIpc) is 3.47. The molecular weight excluding hydrogens is 594 g/mol. The molecule has 0 bridgehead atoms. The molecular formula is C29H30BrN5O6. The van der Waals surface area contributed by atoms with Gasteiger partial charge in [0.1, 0.15) is 28.8 Å². The van der Waals surface area contributed by atoms with E-state index in [0.29, 0.717) is 26.8 Å². The minimum Gasteiger partial charge on any atom is -0.474 e. The van der Waals surface area contributed by atoms with Crippen LogP contribution in [-0.2, 0) is 14.2 Å². The van der Waals surface area contributed by atoms with Crippen LogP contribution in [0.4, 0.5) is 5.95 Å². The van der Waals surface area contributed by atoms with Gasteiger partial charge in [-0.2, -0.15) is 15.1 Å². The van der Waals surface area contributed by atoms with E-state index in [1.807, 2.05) is 52.0 Å². The molecule has 0 saturated carbocycles. The molecule has 4 aromatic rings. The molecule has 0 aliphatic carbocycles. The van der Waals surface area contributed by atoms with Crippen molar-refractivity contribution >= 4 is 44.9 Å². The standard InChI is InChI=1S/C29H30BrN5O6/c1-15(2)39-26-23-24(30)34-35(25(23)32-29(31)33-26)22-13-20(41-28(37)19-11-7-17(4)8-12-19)21(40-22)14-38-27(36)18-9-5-16(3)6-10-18/h5-12,15,20-22H,13-14H2,1-4H3,(H2,31,32,33)/t20-,21+,22+/m0/s1. The molecule has 1 saturated heterocycles. The number of aromatic nitrogens is 4. The van der Waals surface area contributed by atoms with Crippen LogP contribution in [0.25, 0.3) is 11.0 Å². The van der Waals surface area contributed by atoms with Gasteiger partial charge in [0.2, 0.25) is 11.8 Å². The van der Waals surface area contributed by atoms with Gasteiger partial charge in [-0.25, -0.2) is 14.3 Å². The minimum absolute atomic E-state index is 0.00530. The quantitative estimate of drug-likeness (QED) is 0.268. The Balaban J connectivity index is 1.42. The Morgan fingerprint density at radius 2 is 1.63 bits per heavy atom. The maximum atomic E-state index is 13.0. The lowest BCUT2D eigenvalue weighted by Gasteiger charge is -2.19. The van der Waals surface area contributed by atoms with Gasteiger partial charge in [0.15, 0.2) is 11.9 Å². The molecule has 2 aromatic carbocycles. The van der Waals surface area contributed by atoms with Crippen LogP contribution in [0.15, 0.2) is 53.1 Å². The molecule has 12 heteroatoms. The van der Waals surface area contributed by atoms with Gasteiger partial charge in [0, 0.05) is 6.42 Å². The molecule has 214 valence electrons. The Kier molecular flexibility index (Phi) is 8.22. The third-order valence-corrected chi connectivity index (χ3v) is 7.06. The number of fused-ring (bicyclic) bond motifs is 1. The van der Waals surface area contributed by atoms with E-state index in [9.17, 15) is 9.59 Å². The number of anilines is 1. The van der Waals surface area contributed by atoms with Crippen LogP contribution in [0, 0.1) is 13.8 Å². The van der Waals surface area contributed by atoms with Crippen molar-refractivity contribution in [3.05, 3.63) is 75.4 Å². The van der Waals surface area contributed by atoms with Crippen LogP contribution in [0.1, 0.15) is 58.3 Å². The van der Waals surface area contributed by atoms with Gasteiger partial charge < -0.3 is 24.7 Å². The first-order valence-corrected chi connectivity index (χ1v) is 13.9. The highest BCUT2D eigenvalue weighted by Crippen LogP contribution is 2.37. The van der Waals surface area contributed by atoms with Crippen LogP contribution in [0.2, 0.25) is 0 Å². The van der Waals surface area contributed by atoms with Gasteiger partial charge in [0.25, 0.3) is 0 Å². The number of carbonyl (C=O) groups is 2. The maximum absolute atomic E-state index is 13.0. The summed E-state index contributed by atoms with van der Waals surface area (Å²) >= 11 is 3.47. The molecule has 2 N–H and O–H groups in total. The molecule has 2 aromatic heterocycles. The zero-order valence-corrected chi connectivity index (χ0v) is 24.6. The first-order chi connectivity index (χ1) is 19.6. The second-order valence-electron chi connectivity index (χ2n) is 10.1. The first kappa shape index (κ1) is 28.5. The van der Waals surface area contributed by atoms with E-state index in [1.165, 1.54) is 0 Å². The fraction of sp³-hybridized carbons (Fsp3) is 0.345. The highest BCUT2D eigenvalue weighted by Gasteiger charge is 2.41. The Bertz CT molecular complexity index is 1570. The summed E-state index contributed by atoms with van der Waals surface area (Å²) in [6.45, 7) is 7.47. The second kappa shape index (κ2) is 11.8. The summed E-state index contributed by atoms with van der Waals surface area (Å²) in [4.78, 5) is 34.4. The third kappa shape index (κ3) is 6.33. The predicted molar refractivity (Wildman–Crippen MR) is 154 cm³/mol. The summed E-state index contributed by atoms with van der Waals surface area (Å²) in [5.41, 5.74) is 9.22. The normalized spacial score (nSPS) is 18.5. The minimum atomic E-state index is -0.771. The number of nitrogens with zero attached hydrogens (tertiary/aromatic N) is 4. The molecule has 0 spiro atoms. The first-order valence-electron chi connectivity index (χ1n) is 13.1. The number of ether oxygens (including phenoxy) is 4. The summed E-state index contributed by atoms with van der Waals surface area (Å²) in [6.07, 6.45) is -2.18. The monoisotopic (exact) mass is 623 g/mol. The van der Waals surface area contributed by atoms with Crippen molar-refractivity contribution in [1.82, 2.24) is 19.7 Å². The van der Waals surface area contributed by atoms with Gasteiger partial charge in [-0.15, -0.1) is 0 Å². The average molecular weight is 624 g/mol. The lowest BCUT2D eigenvalue weighted by atomic mass is 10.1. The molecule has 41 heavy (non-hydrogen) atoms. The fourth-order valence-corrected chi connectivity index (χ4v) is 4.96. The van der Waals surface area contributed by atoms with Crippen LogP contribution in [-0.4, -0.2) is 56.6 Å². The highest BCUT2D eigenvalue weighted by molar-refractivity contribution is 9.10. The van der Waals surface area contributed by atoms with E-state index in [4.69, 9.17) is 24.7 Å². The zero-order valence-electron chi connectivity index (χ0n) is 23.0. The van der Waals surface area contributed by atoms with E-state index in [-0.39, 0.29) is 31.0 Å². The van der Waals surface area contributed by atoms with E-state index in [0.717, 1.165) is 11.1 Å². The second-order valence-corrected chi connectivity index (χ2v) is 10.9. The highest BCUT2D eigenvalue weighted by atomic mass is 79.9. The molecule has 11 nitrogen and oxygen atoms in total. The number of aryl methyl sites for hydroxylation is 2. The van der Waals surface area contributed by atoms with Gasteiger partial charge in [-0.05, 0) is 67.9 Å². The summed E-state index contributed by atoms with van der Waals surface area (Å²) < 4.78 is 25.6. The van der Waals surface area contributed by atoms with Crippen molar-refractivity contribution in [2.75, 3.05) is 12.3 Å². The van der Waals surface area contributed by atoms with E-state index >= 15 is 0 Å². The summed E-state index contributed by atoms with van der Waals surface area (Å²) in [5, 5.41) is 5.10. The molecule has 1 aliphatic rings. The van der Waals surface area contributed by atoms with Gasteiger partial charge in [0.05, 0.1) is 17.2 Å². The van der Waals surface area contributed by atoms with Gasteiger partial charge in [-0.3, -0.25) is 0 Å². The molecule has 3 heterocycles. The van der Waals surface area contributed by atoms with Crippen LogP contribution in [0.3, 0.4) is 0 Å². The van der Waals surface area contributed by atoms with Gasteiger partial charge in [-0.1, -0.05) is 35.4 Å². The number of hydrogen-bond donors (Lipinski definition) is 1. The number of rotatable bonds is 8. The Labute approximate surface area is 245 Å². The number of carbonyl (C=O) groups excluding carboxylic acids is 2. The topological polar surface area (TPSA) is 141 Å². The third-order valence-electron chi connectivity index (χ3n) is 6.51. The Hall–Kier alpha value is -4.03. The van der Waals surface area contributed by atoms with E-state index < -0.39 is 30.4 Å². The van der Waals surface area contributed by atoms with Crippen molar-refractivity contribution in [2.24, 2.45) is 0 Å². The number of esters is 2. The molecule has 0 amide bonds. The summed E-state index contributed by atoms with van der Waals surface area (Å²) in [5.74, 6) is -0.737. The van der Waals surface area contributed by atoms with Crippen molar-refractivity contribution < 1.29 is 28.5 Å². The predicted octanol–water partition coefficient (Wildman–Crippen LogP) is 4.95. The molecule has 1 aliphatic heterocycles. The number of benzene rings is 2. The van der Waals surface area contributed by atoms with Crippen molar-refractivity contribution in [3.63, 3.8) is 0 Å². The molecule has 3 atom stereocenters. The summed E-state index contributed by atoms with van der Waals surface area (Å²) in [7, 11) is 0. The molecule has 0 unspecified atom stereocenters. The molecule has 5 rings (SSSR count). The van der Waals surface area contributed by atoms with Crippen LogP contribution < -0.4 is 10.5 Å². The fourth-order valence-electron chi connectivity index (χ4n) is 4.44. The van der Waals surface area contributed by atoms with Crippen molar-refractivity contribution in [3.8, 4) is 5.88 Å². The molecule has 0 radical (unpaired) electrons. The lowest BCUT2D eigenvalue weighted by molar-refractivity contribution is -0.0591. The number of nitrogens with two attached hydrogens (primary N) is 1.